The minimum absolute atomic E-state index is 0.106. The Hall–Kier alpha value is -3.81. The van der Waals surface area contributed by atoms with E-state index in [1.807, 2.05) is 41.2 Å². The molecule has 0 aliphatic heterocycles. The van der Waals surface area contributed by atoms with E-state index in [2.05, 4.69) is 15.7 Å². The van der Waals surface area contributed by atoms with Gasteiger partial charge in [-0.2, -0.15) is 5.10 Å². The number of rotatable bonds is 6. The average Bonchev–Trinajstić information content (AvgIpc) is 3.40. The Morgan fingerprint density at radius 3 is 2.29 bits per heavy atom. The molecule has 2 aromatic carbocycles. The van der Waals surface area contributed by atoms with Crippen LogP contribution >= 0.6 is 0 Å². The van der Waals surface area contributed by atoms with Crippen LogP contribution in [-0.2, 0) is 0 Å². The van der Waals surface area contributed by atoms with Crippen molar-refractivity contribution < 1.29 is 9.18 Å². The van der Waals surface area contributed by atoms with Crippen LogP contribution in [0, 0.1) is 5.82 Å². The molecule has 0 radical (unpaired) electrons. The second kappa shape index (κ2) is 10.9. The van der Waals surface area contributed by atoms with Crippen molar-refractivity contribution in [3.63, 3.8) is 0 Å². The summed E-state index contributed by atoms with van der Waals surface area (Å²) in [5.41, 5.74) is 2.31. The van der Waals surface area contributed by atoms with Gasteiger partial charge in [-0.05, 0) is 74.9 Å². The van der Waals surface area contributed by atoms with E-state index in [-0.39, 0.29) is 23.8 Å². The van der Waals surface area contributed by atoms with Crippen molar-refractivity contribution >= 4 is 22.8 Å². The molecular weight excluding hydrogens is 479 g/mol. The molecule has 2 fully saturated rings. The highest BCUT2D eigenvalue weighted by molar-refractivity contribution is 5.94. The molecule has 38 heavy (non-hydrogen) atoms. The predicted molar refractivity (Wildman–Crippen MR) is 146 cm³/mol. The maximum atomic E-state index is 13.2. The van der Waals surface area contributed by atoms with Crippen molar-refractivity contribution in [3.05, 3.63) is 78.0 Å². The molecule has 2 aliphatic carbocycles. The van der Waals surface area contributed by atoms with Crippen LogP contribution in [0.15, 0.2) is 60.8 Å². The highest BCUT2D eigenvalue weighted by Gasteiger charge is 2.26. The number of aromatic nitrogens is 4. The summed E-state index contributed by atoms with van der Waals surface area (Å²) in [6.07, 6.45) is 11.4. The molecule has 0 atom stereocenters. The van der Waals surface area contributed by atoms with E-state index >= 15 is 0 Å². The van der Waals surface area contributed by atoms with E-state index in [0.29, 0.717) is 11.5 Å². The Balaban J connectivity index is 1.19. The molecule has 0 saturated heterocycles. The summed E-state index contributed by atoms with van der Waals surface area (Å²) >= 11 is 0. The first-order valence-electron chi connectivity index (χ1n) is 13.8. The molecule has 2 heterocycles. The highest BCUT2D eigenvalue weighted by Crippen LogP contribution is 2.34. The van der Waals surface area contributed by atoms with Gasteiger partial charge in [-0.25, -0.2) is 19.0 Å². The van der Waals surface area contributed by atoms with Gasteiger partial charge in [-0.3, -0.25) is 4.79 Å². The molecule has 1 amide bonds. The molecule has 196 valence electrons. The van der Waals surface area contributed by atoms with Gasteiger partial charge < -0.3 is 10.6 Å². The molecule has 0 unspecified atom stereocenters. The van der Waals surface area contributed by atoms with Gasteiger partial charge in [0.1, 0.15) is 17.5 Å². The Bertz CT molecular complexity index is 1390. The summed E-state index contributed by atoms with van der Waals surface area (Å²) in [6, 6.07) is 16.2. The lowest BCUT2D eigenvalue weighted by Gasteiger charge is -2.30. The fourth-order valence-corrected chi connectivity index (χ4v) is 5.78. The summed E-state index contributed by atoms with van der Waals surface area (Å²) in [5, 5.41) is 12.5. The Morgan fingerprint density at radius 1 is 0.842 bits per heavy atom. The number of para-hydroxylation sites is 1. The van der Waals surface area contributed by atoms with Crippen LogP contribution in [0.5, 0.6) is 0 Å². The lowest BCUT2D eigenvalue weighted by molar-refractivity contribution is 0.0926. The van der Waals surface area contributed by atoms with Gasteiger partial charge in [0, 0.05) is 23.6 Å². The summed E-state index contributed by atoms with van der Waals surface area (Å²) in [6.45, 7) is 0. The molecule has 2 aromatic heterocycles. The van der Waals surface area contributed by atoms with Crippen LogP contribution in [0.3, 0.4) is 0 Å². The number of nitrogens with one attached hydrogen (secondary N) is 2. The first kappa shape index (κ1) is 24.5. The second-order valence-electron chi connectivity index (χ2n) is 10.6. The minimum atomic E-state index is -0.340. The number of benzene rings is 2. The second-order valence-corrected chi connectivity index (χ2v) is 10.6. The van der Waals surface area contributed by atoms with Crippen LogP contribution in [-0.4, -0.2) is 37.7 Å². The largest absolute Gasteiger partial charge is 0.367 e. The molecule has 2 aliphatic rings. The minimum Gasteiger partial charge on any atom is -0.367 e. The summed E-state index contributed by atoms with van der Waals surface area (Å²) in [4.78, 5) is 22.7. The number of amides is 1. The monoisotopic (exact) mass is 512 g/mol. The van der Waals surface area contributed by atoms with E-state index in [9.17, 15) is 9.18 Å². The number of nitrogens with zero attached hydrogens (tertiary/aromatic N) is 4. The molecule has 7 nitrogen and oxygen atoms in total. The van der Waals surface area contributed by atoms with Crippen molar-refractivity contribution in [1.82, 2.24) is 25.1 Å². The SMILES string of the molecule is O=C(NC1CCC(Nc2nc(C3CCCCC3)nc3c2cnn3-c2ccccc2)CC1)c1ccc(F)cc1. The Labute approximate surface area is 221 Å². The molecule has 0 bridgehead atoms. The smallest absolute Gasteiger partial charge is 0.251 e. The maximum Gasteiger partial charge on any atom is 0.251 e. The number of fused-ring (bicyclic) bond motifs is 1. The van der Waals surface area contributed by atoms with Gasteiger partial charge in [0.15, 0.2) is 5.65 Å². The molecule has 2 saturated carbocycles. The average molecular weight is 513 g/mol. The Morgan fingerprint density at radius 2 is 1.55 bits per heavy atom. The first-order valence-corrected chi connectivity index (χ1v) is 13.8. The van der Waals surface area contributed by atoms with Crippen LogP contribution < -0.4 is 10.6 Å². The molecule has 6 rings (SSSR count). The third kappa shape index (κ3) is 5.26. The van der Waals surface area contributed by atoms with E-state index in [4.69, 9.17) is 9.97 Å². The first-order chi connectivity index (χ1) is 18.6. The van der Waals surface area contributed by atoms with Crippen LogP contribution in [0.25, 0.3) is 16.7 Å². The lowest BCUT2D eigenvalue weighted by atomic mass is 9.88. The van der Waals surface area contributed by atoms with Gasteiger partial charge in [0.2, 0.25) is 0 Å². The van der Waals surface area contributed by atoms with Crippen molar-refractivity contribution in [2.45, 2.75) is 75.8 Å². The predicted octanol–water partition coefficient (Wildman–Crippen LogP) is 6.16. The molecule has 2 N–H and O–H groups in total. The highest BCUT2D eigenvalue weighted by atomic mass is 19.1. The zero-order valence-electron chi connectivity index (χ0n) is 21.4. The normalized spacial score (nSPS) is 20.3. The van der Waals surface area contributed by atoms with Crippen LogP contribution in [0.1, 0.15) is 79.9 Å². The zero-order valence-corrected chi connectivity index (χ0v) is 21.4. The van der Waals surface area contributed by atoms with Crippen molar-refractivity contribution in [2.75, 3.05) is 5.32 Å². The topological polar surface area (TPSA) is 84.7 Å². The van der Waals surface area contributed by atoms with E-state index in [1.54, 1.807) is 0 Å². The number of hydrogen-bond acceptors (Lipinski definition) is 5. The molecule has 4 aromatic rings. The van der Waals surface area contributed by atoms with E-state index < -0.39 is 0 Å². The van der Waals surface area contributed by atoms with E-state index in [1.165, 1.54) is 43.5 Å². The van der Waals surface area contributed by atoms with Crippen molar-refractivity contribution in [3.8, 4) is 5.69 Å². The number of hydrogen-bond donors (Lipinski definition) is 2. The molecule has 8 heteroatoms. The van der Waals surface area contributed by atoms with Crippen LogP contribution in [0.4, 0.5) is 10.2 Å². The standard InChI is InChI=1S/C30H33FN6O/c31-22-13-11-21(12-14-22)30(38)34-24-17-15-23(16-18-24)33-28-26-19-32-37(25-9-5-2-6-10-25)29(26)36-27(35-28)20-7-3-1-4-8-20/h2,5-6,9-14,19-20,23-24H,1,3-4,7-8,15-18H2,(H,34,38)(H,33,35,36). The number of halogens is 1. The van der Waals surface area contributed by atoms with Gasteiger partial charge in [0.25, 0.3) is 5.91 Å². The lowest BCUT2D eigenvalue weighted by Crippen LogP contribution is -2.40. The van der Waals surface area contributed by atoms with E-state index in [0.717, 1.165) is 66.9 Å². The number of carbonyl (C=O) groups is 1. The summed E-state index contributed by atoms with van der Waals surface area (Å²) < 4.78 is 15.1. The molecular formula is C30H33FN6O. The van der Waals surface area contributed by atoms with Crippen LogP contribution in [0.2, 0.25) is 0 Å². The van der Waals surface area contributed by atoms with Gasteiger partial charge in [0.05, 0.1) is 17.3 Å². The summed E-state index contributed by atoms with van der Waals surface area (Å²) in [5.74, 6) is 1.66. The maximum absolute atomic E-state index is 13.2. The van der Waals surface area contributed by atoms with Crippen molar-refractivity contribution in [1.29, 1.82) is 0 Å². The third-order valence-electron chi connectivity index (χ3n) is 7.93. The zero-order chi connectivity index (χ0) is 25.9. The van der Waals surface area contributed by atoms with Gasteiger partial charge in [-0.1, -0.05) is 37.5 Å². The summed E-state index contributed by atoms with van der Waals surface area (Å²) in [7, 11) is 0. The fraction of sp³-hybridized carbons (Fsp3) is 0.400. The van der Waals surface area contributed by atoms with Gasteiger partial charge >= 0.3 is 0 Å². The van der Waals surface area contributed by atoms with Crippen molar-refractivity contribution in [2.24, 2.45) is 0 Å². The quantitative estimate of drug-likeness (QED) is 0.323. The number of anilines is 1. The Kier molecular flexibility index (Phi) is 7.03. The fourth-order valence-electron chi connectivity index (χ4n) is 5.78. The third-order valence-corrected chi connectivity index (χ3v) is 7.93. The molecule has 0 spiro atoms. The number of carbonyl (C=O) groups excluding carboxylic acids is 1. The van der Waals surface area contributed by atoms with Gasteiger partial charge in [-0.15, -0.1) is 0 Å².